The van der Waals surface area contributed by atoms with Crippen molar-refractivity contribution in [2.45, 2.75) is 45.8 Å². The highest BCUT2D eigenvalue weighted by molar-refractivity contribution is 14.0. The highest BCUT2D eigenvalue weighted by Crippen LogP contribution is 2.30. The van der Waals surface area contributed by atoms with Crippen LogP contribution in [0.15, 0.2) is 41.4 Å². The van der Waals surface area contributed by atoms with Crippen LogP contribution in [0, 0.1) is 5.82 Å². The summed E-state index contributed by atoms with van der Waals surface area (Å²) in [5.74, 6) is 1.22. The molecule has 2 aromatic carbocycles. The van der Waals surface area contributed by atoms with Crippen molar-refractivity contribution in [1.29, 1.82) is 0 Å². The number of guanidine groups is 1. The number of hydrogen-bond acceptors (Lipinski definition) is 4. The summed E-state index contributed by atoms with van der Waals surface area (Å²) in [6, 6.07) is 11.9. The Morgan fingerprint density at radius 2 is 2.03 bits per heavy atom. The number of ether oxygens (including phenoxy) is 2. The van der Waals surface area contributed by atoms with E-state index in [0.717, 1.165) is 42.5 Å². The average molecular weight is 568 g/mol. The fraction of sp³-hybridized carbons (Fsp3) is 0.480. The number of halogens is 2. The van der Waals surface area contributed by atoms with E-state index in [2.05, 4.69) is 46.7 Å². The molecule has 0 spiro atoms. The molecule has 2 aliphatic heterocycles. The molecule has 1 atom stereocenters. The highest BCUT2D eigenvalue weighted by Gasteiger charge is 2.17. The molecule has 0 saturated carbocycles. The second kappa shape index (κ2) is 12.4. The lowest BCUT2D eigenvalue weighted by molar-refractivity contribution is -0.0172. The molecule has 6 nitrogen and oxygen atoms in total. The first-order valence-electron chi connectivity index (χ1n) is 11.6. The van der Waals surface area contributed by atoms with E-state index < -0.39 is 0 Å². The maximum atomic E-state index is 14.0. The lowest BCUT2D eigenvalue weighted by atomic mass is 10.1. The molecule has 0 radical (unpaired) electrons. The lowest BCUT2D eigenvalue weighted by Gasteiger charge is -2.22. The van der Waals surface area contributed by atoms with Crippen molar-refractivity contribution >= 4 is 35.6 Å². The Morgan fingerprint density at radius 1 is 1.21 bits per heavy atom. The monoisotopic (exact) mass is 568 g/mol. The number of rotatable bonds is 7. The van der Waals surface area contributed by atoms with Crippen molar-refractivity contribution in [3.63, 3.8) is 0 Å². The maximum Gasteiger partial charge on any atom is 0.191 e. The standard InChI is InChI=1S/C25H33FN4O2.HI/c1-3-27-25(28-10-9-20-13-22(26)14-21-16-31-17-32-24(20)21)29-18(2)19-7-6-8-23(15-19)30-11-4-5-12-30;/h6-8,13-15,18H,3-5,9-12,16-17H2,1-2H3,(H2,27,28,29);1H. The molecule has 2 heterocycles. The van der Waals surface area contributed by atoms with Crippen LogP contribution in [0.25, 0.3) is 0 Å². The number of nitrogens with one attached hydrogen (secondary N) is 2. The fourth-order valence-corrected chi connectivity index (χ4v) is 4.31. The largest absolute Gasteiger partial charge is 0.467 e. The van der Waals surface area contributed by atoms with E-state index in [-0.39, 0.29) is 42.6 Å². The van der Waals surface area contributed by atoms with Gasteiger partial charge in [0.05, 0.1) is 12.6 Å². The van der Waals surface area contributed by atoms with E-state index >= 15 is 0 Å². The van der Waals surface area contributed by atoms with Crippen molar-refractivity contribution in [2.24, 2.45) is 4.99 Å². The summed E-state index contributed by atoms with van der Waals surface area (Å²) in [5.41, 5.74) is 4.10. The highest BCUT2D eigenvalue weighted by atomic mass is 127. The van der Waals surface area contributed by atoms with Crippen LogP contribution in [0.4, 0.5) is 10.1 Å². The average Bonchev–Trinajstić information content (AvgIpc) is 3.34. The van der Waals surface area contributed by atoms with Crippen LogP contribution >= 0.6 is 24.0 Å². The first-order valence-corrected chi connectivity index (χ1v) is 11.6. The third kappa shape index (κ3) is 6.72. The van der Waals surface area contributed by atoms with Gasteiger partial charge >= 0.3 is 0 Å². The summed E-state index contributed by atoms with van der Waals surface area (Å²) in [5, 5.41) is 6.82. The second-order valence-corrected chi connectivity index (χ2v) is 8.33. The van der Waals surface area contributed by atoms with Gasteiger partial charge in [-0.2, -0.15) is 0 Å². The summed E-state index contributed by atoms with van der Waals surface area (Å²) in [4.78, 5) is 7.17. The minimum atomic E-state index is -0.270. The van der Waals surface area contributed by atoms with E-state index in [1.54, 1.807) is 0 Å². The molecular weight excluding hydrogens is 534 g/mol. The topological polar surface area (TPSA) is 58.1 Å². The van der Waals surface area contributed by atoms with Gasteiger partial charge in [-0.25, -0.2) is 4.39 Å². The molecule has 0 bridgehead atoms. The normalized spacial score (nSPS) is 16.5. The zero-order valence-corrected chi connectivity index (χ0v) is 21.7. The summed E-state index contributed by atoms with van der Waals surface area (Å²) in [6.45, 7) is 8.33. The molecule has 1 saturated heterocycles. The van der Waals surface area contributed by atoms with Gasteiger partial charge in [-0.05, 0) is 68.5 Å². The third-order valence-electron chi connectivity index (χ3n) is 5.94. The molecule has 180 valence electrons. The Bertz CT molecular complexity index is 950. The maximum absolute atomic E-state index is 14.0. The van der Waals surface area contributed by atoms with Gasteiger partial charge in [0.2, 0.25) is 0 Å². The van der Waals surface area contributed by atoms with Crippen molar-refractivity contribution in [3.05, 3.63) is 58.9 Å². The predicted octanol–water partition coefficient (Wildman–Crippen LogP) is 4.77. The van der Waals surface area contributed by atoms with Crippen molar-refractivity contribution in [1.82, 2.24) is 10.6 Å². The van der Waals surface area contributed by atoms with Crippen molar-refractivity contribution in [2.75, 3.05) is 37.9 Å². The number of hydrogen-bond donors (Lipinski definition) is 2. The van der Waals surface area contributed by atoms with Gasteiger partial charge < -0.3 is 25.0 Å². The minimum absolute atomic E-state index is 0. The minimum Gasteiger partial charge on any atom is -0.467 e. The van der Waals surface area contributed by atoms with Crippen molar-refractivity contribution in [3.8, 4) is 5.75 Å². The van der Waals surface area contributed by atoms with Gasteiger partial charge in [0, 0.05) is 37.4 Å². The van der Waals surface area contributed by atoms with Crippen LogP contribution in [0.2, 0.25) is 0 Å². The molecular formula is C25H34FIN4O2. The summed E-state index contributed by atoms with van der Waals surface area (Å²) < 4.78 is 24.9. The van der Waals surface area contributed by atoms with Gasteiger partial charge in [-0.15, -0.1) is 24.0 Å². The summed E-state index contributed by atoms with van der Waals surface area (Å²) in [7, 11) is 0. The molecule has 0 aromatic heterocycles. The van der Waals surface area contributed by atoms with E-state index in [0.29, 0.717) is 19.6 Å². The van der Waals surface area contributed by atoms with Crippen LogP contribution in [-0.4, -0.2) is 38.9 Å². The predicted molar refractivity (Wildman–Crippen MR) is 141 cm³/mol. The summed E-state index contributed by atoms with van der Waals surface area (Å²) >= 11 is 0. The van der Waals surface area contributed by atoms with E-state index in [1.807, 2.05) is 6.92 Å². The molecule has 2 aliphatic rings. The van der Waals surface area contributed by atoms with Gasteiger partial charge in [0.25, 0.3) is 0 Å². The first kappa shape index (κ1) is 25.6. The number of benzene rings is 2. The molecule has 1 unspecified atom stereocenters. The molecule has 8 heteroatoms. The third-order valence-corrected chi connectivity index (χ3v) is 5.94. The molecule has 1 fully saturated rings. The Morgan fingerprint density at radius 3 is 2.82 bits per heavy atom. The van der Waals surface area contributed by atoms with Gasteiger partial charge in [0.15, 0.2) is 12.8 Å². The molecule has 2 aromatic rings. The van der Waals surface area contributed by atoms with E-state index in [4.69, 9.17) is 14.5 Å². The Balaban J connectivity index is 0.00000306. The Hall–Kier alpha value is -2.07. The quantitative estimate of drug-likeness (QED) is 0.287. The first-order chi connectivity index (χ1) is 15.6. The molecule has 4 rings (SSSR count). The number of fused-ring (bicyclic) bond motifs is 1. The number of anilines is 1. The van der Waals surface area contributed by atoms with Crippen LogP contribution in [0.1, 0.15) is 49.4 Å². The van der Waals surface area contributed by atoms with Gasteiger partial charge in [0.1, 0.15) is 11.6 Å². The molecule has 0 amide bonds. The van der Waals surface area contributed by atoms with Crippen molar-refractivity contribution < 1.29 is 13.9 Å². The zero-order chi connectivity index (χ0) is 22.3. The second-order valence-electron chi connectivity index (χ2n) is 8.33. The van der Waals surface area contributed by atoms with Gasteiger partial charge in [-0.3, -0.25) is 4.99 Å². The van der Waals surface area contributed by atoms with Crippen LogP contribution in [-0.2, 0) is 17.8 Å². The molecule has 2 N–H and O–H groups in total. The van der Waals surface area contributed by atoms with Gasteiger partial charge in [-0.1, -0.05) is 12.1 Å². The van der Waals surface area contributed by atoms with Crippen LogP contribution in [0.5, 0.6) is 5.75 Å². The fourth-order valence-electron chi connectivity index (χ4n) is 4.31. The smallest absolute Gasteiger partial charge is 0.191 e. The SMILES string of the molecule is CCNC(=NCCc1cc(F)cc2c1OCOC2)NC(C)c1cccc(N2CCCC2)c1.I. The zero-order valence-electron chi connectivity index (χ0n) is 19.4. The Labute approximate surface area is 213 Å². The number of nitrogens with zero attached hydrogens (tertiary/aromatic N) is 2. The lowest BCUT2D eigenvalue weighted by Crippen LogP contribution is -2.39. The molecule has 33 heavy (non-hydrogen) atoms. The summed E-state index contributed by atoms with van der Waals surface area (Å²) in [6.07, 6.45) is 3.12. The van der Waals surface area contributed by atoms with E-state index in [9.17, 15) is 4.39 Å². The Kier molecular flexibility index (Phi) is 9.61. The number of aliphatic imine (C=N–C) groups is 1. The van der Waals surface area contributed by atoms with Crippen LogP contribution in [0.3, 0.4) is 0 Å². The van der Waals surface area contributed by atoms with E-state index in [1.165, 1.54) is 36.2 Å². The van der Waals surface area contributed by atoms with Crippen LogP contribution < -0.4 is 20.3 Å². The molecule has 0 aliphatic carbocycles.